The van der Waals surface area contributed by atoms with Crippen LogP contribution in [0.15, 0.2) is 22.7 Å². The van der Waals surface area contributed by atoms with E-state index < -0.39 is 0 Å². The van der Waals surface area contributed by atoms with Crippen molar-refractivity contribution in [3.63, 3.8) is 0 Å². The molecule has 1 N–H and O–H groups in total. The molecule has 2 unspecified atom stereocenters. The Bertz CT molecular complexity index is 405. The molecular weight excluding hydrogens is 290 g/mol. The highest BCUT2D eigenvalue weighted by Gasteiger charge is 2.23. The van der Waals surface area contributed by atoms with Crippen LogP contribution in [0.5, 0.6) is 5.75 Å². The molecule has 2 nitrogen and oxygen atoms in total. The number of fused-ring (bicyclic) bond motifs is 1. The lowest BCUT2D eigenvalue weighted by molar-refractivity contribution is 0.241. The van der Waals surface area contributed by atoms with E-state index >= 15 is 0 Å². The van der Waals surface area contributed by atoms with Gasteiger partial charge in [-0.1, -0.05) is 29.8 Å². The number of nitrogens with one attached hydrogen (secondary N) is 1. The molecule has 0 aromatic heterocycles. The molecule has 100 valence electrons. The molecule has 3 heteroatoms. The summed E-state index contributed by atoms with van der Waals surface area (Å²) in [7, 11) is 0. The van der Waals surface area contributed by atoms with Crippen LogP contribution in [0, 0.1) is 5.92 Å². The summed E-state index contributed by atoms with van der Waals surface area (Å²) in [5.41, 5.74) is 1.28. The highest BCUT2D eigenvalue weighted by Crippen LogP contribution is 2.34. The zero-order chi connectivity index (χ0) is 13.1. The van der Waals surface area contributed by atoms with Gasteiger partial charge in [-0.2, -0.15) is 0 Å². The van der Waals surface area contributed by atoms with Crippen molar-refractivity contribution < 1.29 is 4.74 Å². The van der Waals surface area contributed by atoms with Crippen LogP contribution in [0.1, 0.15) is 45.2 Å². The largest absolute Gasteiger partial charge is 0.493 e. The van der Waals surface area contributed by atoms with Gasteiger partial charge < -0.3 is 10.1 Å². The second-order valence-electron chi connectivity index (χ2n) is 5.57. The molecule has 1 aliphatic rings. The summed E-state index contributed by atoms with van der Waals surface area (Å²) in [5, 5.41) is 3.73. The maximum Gasteiger partial charge on any atom is 0.124 e. The minimum Gasteiger partial charge on any atom is -0.493 e. The first kappa shape index (κ1) is 13.9. The second-order valence-corrected chi connectivity index (χ2v) is 6.48. The summed E-state index contributed by atoms with van der Waals surface area (Å²) >= 11 is 3.54. The molecule has 0 radical (unpaired) electrons. The second kappa shape index (κ2) is 6.07. The summed E-state index contributed by atoms with van der Waals surface area (Å²) in [5.74, 6) is 1.76. The van der Waals surface area contributed by atoms with Gasteiger partial charge in [0.25, 0.3) is 0 Å². The van der Waals surface area contributed by atoms with Crippen molar-refractivity contribution in [2.24, 2.45) is 5.92 Å². The molecule has 1 aliphatic heterocycles. The van der Waals surface area contributed by atoms with E-state index in [0.717, 1.165) is 29.2 Å². The predicted octanol–water partition coefficient (Wildman–Crippen LogP) is 4.30. The van der Waals surface area contributed by atoms with Gasteiger partial charge in [0, 0.05) is 28.5 Å². The Morgan fingerprint density at radius 2 is 2.17 bits per heavy atom. The fourth-order valence-corrected chi connectivity index (χ4v) is 3.04. The molecule has 2 rings (SSSR count). The van der Waals surface area contributed by atoms with Gasteiger partial charge in [0.05, 0.1) is 6.61 Å². The quantitative estimate of drug-likeness (QED) is 0.895. The number of rotatable bonds is 4. The Morgan fingerprint density at radius 1 is 1.39 bits per heavy atom. The highest BCUT2D eigenvalue weighted by molar-refractivity contribution is 9.10. The maximum atomic E-state index is 5.71. The molecule has 0 bridgehead atoms. The Balaban J connectivity index is 2.09. The number of ether oxygens (including phenoxy) is 1. The third kappa shape index (κ3) is 3.48. The van der Waals surface area contributed by atoms with Crippen molar-refractivity contribution in [3.8, 4) is 5.75 Å². The van der Waals surface area contributed by atoms with Gasteiger partial charge in [-0.05, 0) is 37.5 Å². The Kier molecular flexibility index (Phi) is 4.68. The summed E-state index contributed by atoms with van der Waals surface area (Å²) < 4.78 is 6.83. The van der Waals surface area contributed by atoms with E-state index in [1.54, 1.807) is 0 Å². The van der Waals surface area contributed by atoms with Crippen molar-refractivity contribution in [1.29, 1.82) is 0 Å². The van der Waals surface area contributed by atoms with E-state index in [1.807, 2.05) is 6.07 Å². The summed E-state index contributed by atoms with van der Waals surface area (Å²) in [6.07, 6.45) is 2.26. The minimum absolute atomic E-state index is 0.417. The predicted molar refractivity (Wildman–Crippen MR) is 79.0 cm³/mol. The van der Waals surface area contributed by atoms with E-state index in [9.17, 15) is 0 Å². The first-order chi connectivity index (χ1) is 8.56. The Morgan fingerprint density at radius 3 is 2.89 bits per heavy atom. The van der Waals surface area contributed by atoms with Crippen molar-refractivity contribution in [3.05, 3.63) is 28.2 Å². The number of halogens is 1. The third-order valence-corrected chi connectivity index (χ3v) is 3.82. The molecule has 0 saturated carbocycles. The van der Waals surface area contributed by atoms with Gasteiger partial charge in [0.2, 0.25) is 0 Å². The Labute approximate surface area is 118 Å². The molecular formula is C15H22BrNO. The van der Waals surface area contributed by atoms with E-state index in [1.165, 1.54) is 12.0 Å². The van der Waals surface area contributed by atoms with Gasteiger partial charge in [-0.3, -0.25) is 0 Å². The molecule has 1 heterocycles. The minimum atomic E-state index is 0.417. The summed E-state index contributed by atoms with van der Waals surface area (Å²) in [4.78, 5) is 0. The van der Waals surface area contributed by atoms with Gasteiger partial charge in [-0.15, -0.1) is 0 Å². The van der Waals surface area contributed by atoms with Crippen LogP contribution in [0.4, 0.5) is 0 Å². The van der Waals surface area contributed by atoms with E-state index in [-0.39, 0.29) is 0 Å². The van der Waals surface area contributed by atoms with Crippen molar-refractivity contribution in [2.45, 2.75) is 45.7 Å². The first-order valence-electron chi connectivity index (χ1n) is 6.74. The molecule has 18 heavy (non-hydrogen) atoms. The van der Waals surface area contributed by atoms with E-state index in [0.29, 0.717) is 12.1 Å². The molecule has 0 spiro atoms. The fourth-order valence-electron chi connectivity index (χ4n) is 2.66. The van der Waals surface area contributed by atoms with Gasteiger partial charge in [0.15, 0.2) is 0 Å². The smallest absolute Gasteiger partial charge is 0.124 e. The zero-order valence-corrected chi connectivity index (χ0v) is 13.0. The van der Waals surface area contributed by atoms with Crippen LogP contribution in [-0.2, 0) is 0 Å². The zero-order valence-electron chi connectivity index (χ0n) is 11.4. The monoisotopic (exact) mass is 311 g/mol. The SMILES string of the molecule is CC(C)CC(C)NC1CCOc2ccc(Br)cc21. The van der Waals surface area contributed by atoms with Gasteiger partial charge >= 0.3 is 0 Å². The molecule has 1 aromatic carbocycles. The standard InChI is InChI=1S/C15H22BrNO/c1-10(2)8-11(3)17-14-6-7-18-15-5-4-12(16)9-13(14)15/h4-5,9-11,14,17H,6-8H2,1-3H3. The molecule has 0 aliphatic carbocycles. The van der Waals surface area contributed by atoms with Crippen molar-refractivity contribution >= 4 is 15.9 Å². The highest BCUT2D eigenvalue weighted by atomic mass is 79.9. The van der Waals surface area contributed by atoms with Crippen molar-refractivity contribution in [2.75, 3.05) is 6.61 Å². The van der Waals surface area contributed by atoms with Crippen LogP contribution in [0.25, 0.3) is 0 Å². The molecule has 0 amide bonds. The first-order valence-corrected chi connectivity index (χ1v) is 7.54. The van der Waals surface area contributed by atoms with Crippen LogP contribution in [-0.4, -0.2) is 12.6 Å². The lowest BCUT2D eigenvalue weighted by Gasteiger charge is -2.30. The van der Waals surface area contributed by atoms with Crippen LogP contribution in [0.2, 0.25) is 0 Å². The normalized spacial score (nSPS) is 20.4. The lowest BCUT2D eigenvalue weighted by Crippen LogP contribution is -2.34. The molecule has 0 saturated heterocycles. The topological polar surface area (TPSA) is 21.3 Å². The number of hydrogen-bond acceptors (Lipinski definition) is 2. The molecule has 2 atom stereocenters. The third-order valence-electron chi connectivity index (χ3n) is 3.32. The number of hydrogen-bond donors (Lipinski definition) is 1. The van der Waals surface area contributed by atoms with Gasteiger partial charge in [-0.25, -0.2) is 0 Å². The molecule has 1 aromatic rings. The van der Waals surface area contributed by atoms with Crippen molar-refractivity contribution in [1.82, 2.24) is 5.32 Å². The van der Waals surface area contributed by atoms with Crippen LogP contribution < -0.4 is 10.1 Å². The molecule has 0 fully saturated rings. The summed E-state index contributed by atoms with van der Waals surface area (Å²) in [6.45, 7) is 7.62. The van der Waals surface area contributed by atoms with Crippen LogP contribution in [0.3, 0.4) is 0 Å². The Hall–Kier alpha value is -0.540. The van der Waals surface area contributed by atoms with E-state index in [4.69, 9.17) is 4.74 Å². The lowest BCUT2D eigenvalue weighted by atomic mass is 9.98. The summed E-state index contributed by atoms with van der Waals surface area (Å²) in [6, 6.07) is 7.23. The average Bonchev–Trinajstić information content (AvgIpc) is 2.28. The average molecular weight is 312 g/mol. The number of benzene rings is 1. The fraction of sp³-hybridized carbons (Fsp3) is 0.600. The van der Waals surface area contributed by atoms with Crippen LogP contribution >= 0.6 is 15.9 Å². The van der Waals surface area contributed by atoms with Gasteiger partial charge in [0.1, 0.15) is 5.75 Å². The van der Waals surface area contributed by atoms with E-state index in [2.05, 4.69) is 54.2 Å². The maximum absolute atomic E-state index is 5.71.